The highest BCUT2D eigenvalue weighted by Crippen LogP contribution is 2.17. The first kappa shape index (κ1) is 16.4. The van der Waals surface area contributed by atoms with Crippen LogP contribution in [0.4, 0.5) is 10.1 Å². The van der Waals surface area contributed by atoms with Crippen molar-refractivity contribution in [3.05, 3.63) is 30.1 Å². The molecule has 0 unspecified atom stereocenters. The van der Waals surface area contributed by atoms with E-state index in [1.807, 2.05) is 24.1 Å². The Kier molecular flexibility index (Phi) is 8.72. The average molecular weight is 283 g/mol. The third kappa shape index (κ3) is 6.86. The topological polar surface area (TPSA) is 3.24 Å². The molecular formula is C16H26FNS. The Morgan fingerprint density at radius 3 is 2.16 bits per heavy atom. The van der Waals surface area contributed by atoms with Gasteiger partial charge in [-0.05, 0) is 30.7 Å². The largest absolute Gasteiger partial charge is 0.372 e. The van der Waals surface area contributed by atoms with Gasteiger partial charge in [0.05, 0.1) is 5.69 Å². The summed E-state index contributed by atoms with van der Waals surface area (Å²) >= 11 is 4.21. The molecule has 0 radical (unpaired) electrons. The molecule has 1 aromatic rings. The smallest absolute Gasteiger partial charge is 0.146 e. The Bertz CT molecular complexity index is 343. The van der Waals surface area contributed by atoms with Crippen LogP contribution < -0.4 is 4.90 Å². The Morgan fingerprint density at radius 1 is 0.947 bits per heavy atom. The lowest BCUT2D eigenvalue weighted by molar-refractivity contribution is 0.584. The quantitative estimate of drug-likeness (QED) is 0.471. The van der Waals surface area contributed by atoms with Crippen molar-refractivity contribution < 1.29 is 4.39 Å². The molecule has 0 aliphatic carbocycles. The maximum absolute atomic E-state index is 13.5. The molecule has 0 fully saturated rings. The minimum atomic E-state index is -0.128. The van der Waals surface area contributed by atoms with Gasteiger partial charge < -0.3 is 4.90 Å². The van der Waals surface area contributed by atoms with E-state index in [0.717, 1.165) is 18.7 Å². The van der Waals surface area contributed by atoms with Gasteiger partial charge in [0.25, 0.3) is 0 Å². The molecule has 0 saturated heterocycles. The second kappa shape index (κ2) is 10.1. The van der Waals surface area contributed by atoms with Crippen molar-refractivity contribution in [3.63, 3.8) is 0 Å². The van der Waals surface area contributed by atoms with Gasteiger partial charge in [-0.1, -0.05) is 44.2 Å². The molecule has 0 spiro atoms. The molecule has 0 bridgehead atoms. The molecule has 1 rings (SSSR count). The van der Waals surface area contributed by atoms with E-state index < -0.39 is 0 Å². The van der Waals surface area contributed by atoms with Crippen molar-refractivity contribution in [1.29, 1.82) is 0 Å². The summed E-state index contributed by atoms with van der Waals surface area (Å²) in [6.07, 6.45) is 8.84. The van der Waals surface area contributed by atoms with Gasteiger partial charge in [0.2, 0.25) is 0 Å². The molecule has 0 heterocycles. The van der Waals surface area contributed by atoms with Gasteiger partial charge in [0.15, 0.2) is 0 Å². The zero-order valence-electron chi connectivity index (χ0n) is 11.9. The summed E-state index contributed by atoms with van der Waals surface area (Å²) in [6.45, 7) is 0.928. The molecule has 1 nitrogen and oxygen atoms in total. The number of benzene rings is 1. The number of nitrogens with zero attached hydrogens (tertiary/aromatic N) is 1. The van der Waals surface area contributed by atoms with Crippen molar-refractivity contribution in [2.24, 2.45) is 0 Å². The molecule has 0 aliphatic heterocycles. The molecule has 0 amide bonds. The van der Waals surface area contributed by atoms with Crippen molar-refractivity contribution >= 4 is 18.3 Å². The minimum Gasteiger partial charge on any atom is -0.372 e. The van der Waals surface area contributed by atoms with Crippen LogP contribution in [0.3, 0.4) is 0 Å². The van der Waals surface area contributed by atoms with Gasteiger partial charge in [-0.3, -0.25) is 0 Å². The first-order chi connectivity index (χ1) is 9.25. The fourth-order valence-corrected chi connectivity index (χ4v) is 2.45. The van der Waals surface area contributed by atoms with Gasteiger partial charge >= 0.3 is 0 Å². The maximum Gasteiger partial charge on any atom is 0.146 e. The van der Waals surface area contributed by atoms with Gasteiger partial charge in [0.1, 0.15) is 5.82 Å². The number of hydrogen-bond donors (Lipinski definition) is 1. The predicted molar refractivity (Wildman–Crippen MR) is 85.8 cm³/mol. The zero-order chi connectivity index (χ0) is 13.9. The molecule has 19 heavy (non-hydrogen) atoms. The second-order valence-corrected chi connectivity index (χ2v) is 5.52. The summed E-state index contributed by atoms with van der Waals surface area (Å²) in [7, 11) is 1.96. The van der Waals surface area contributed by atoms with E-state index in [1.54, 1.807) is 6.07 Å². The number of unbranched alkanes of at least 4 members (excludes halogenated alkanes) is 6. The van der Waals surface area contributed by atoms with Crippen molar-refractivity contribution in [1.82, 2.24) is 0 Å². The van der Waals surface area contributed by atoms with Crippen molar-refractivity contribution in [2.45, 2.75) is 44.9 Å². The van der Waals surface area contributed by atoms with E-state index >= 15 is 0 Å². The summed E-state index contributed by atoms with van der Waals surface area (Å²) in [4.78, 5) is 2.01. The SMILES string of the molecule is CN(CCCCCCCCCS)c1ccccc1F. The van der Waals surface area contributed by atoms with Gasteiger partial charge in [-0.25, -0.2) is 4.39 Å². The predicted octanol–water partition coefficient (Wildman–Crippen LogP) is 4.92. The highest BCUT2D eigenvalue weighted by Gasteiger charge is 2.05. The molecule has 108 valence electrons. The van der Waals surface area contributed by atoms with Crippen molar-refractivity contribution in [3.8, 4) is 0 Å². The Balaban J connectivity index is 2.08. The number of para-hydroxylation sites is 1. The fourth-order valence-electron chi connectivity index (χ4n) is 2.23. The number of anilines is 1. The summed E-state index contributed by atoms with van der Waals surface area (Å²) < 4.78 is 13.5. The Morgan fingerprint density at radius 2 is 1.53 bits per heavy atom. The lowest BCUT2D eigenvalue weighted by Gasteiger charge is -2.19. The molecule has 0 N–H and O–H groups in total. The van der Waals surface area contributed by atoms with E-state index in [2.05, 4.69) is 12.6 Å². The van der Waals surface area contributed by atoms with Gasteiger partial charge in [-0.15, -0.1) is 0 Å². The lowest BCUT2D eigenvalue weighted by Crippen LogP contribution is -2.19. The van der Waals surface area contributed by atoms with Crippen LogP contribution in [0.5, 0.6) is 0 Å². The standard InChI is InChI=1S/C16H26FNS/c1-18(16-12-8-7-11-15(16)17)13-9-5-3-2-4-6-10-14-19/h7-8,11-12,19H,2-6,9-10,13-14H2,1H3. The molecule has 1 aromatic carbocycles. The molecule has 0 aromatic heterocycles. The van der Waals surface area contributed by atoms with Crippen LogP contribution in [-0.4, -0.2) is 19.3 Å². The summed E-state index contributed by atoms with van der Waals surface area (Å²) in [5.41, 5.74) is 0.705. The molecular weight excluding hydrogens is 257 g/mol. The normalized spacial score (nSPS) is 10.7. The fraction of sp³-hybridized carbons (Fsp3) is 0.625. The average Bonchev–Trinajstić information content (AvgIpc) is 2.42. The number of thiol groups is 1. The maximum atomic E-state index is 13.5. The van der Waals surface area contributed by atoms with E-state index in [9.17, 15) is 4.39 Å². The third-order valence-corrected chi connectivity index (χ3v) is 3.73. The second-order valence-electron chi connectivity index (χ2n) is 5.07. The summed E-state index contributed by atoms with van der Waals surface area (Å²) in [5.74, 6) is 0.879. The first-order valence-corrected chi connectivity index (χ1v) is 7.95. The molecule has 0 atom stereocenters. The van der Waals surface area contributed by atoms with E-state index in [-0.39, 0.29) is 5.82 Å². The van der Waals surface area contributed by atoms with Crippen LogP contribution in [0.25, 0.3) is 0 Å². The zero-order valence-corrected chi connectivity index (χ0v) is 12.8. The molecule has 0 saturated carbocycles. The third-order valence-electron chi connectivity index (χ3n) is 3.42. The van der Waals surface area contributed by atoms with Crippen LogP contribution in [0.15, 0.2) is 24.3 Å². The Labute approximate surface area is 122 Å². The van der Waals surface area contributed by atoms with Crippen molar-refractivity contribution in [2.75, 3.05) is 24.2 Å². The highest BCUT2D eigenvalue weighted by molar-refractivity contribution is 7.80. The number of halogens is 1. The molecule has 0 aliphatic rings. The summed E-state index contributed by atoms with van der Waals surface area (Å²) in [6, 6.07) is 6.98. The van der Waals surface area contributed by atoms with Crippen LogP contribution in [0, 0.1) is 5.82 Å². The van der Waals surface area contributed by atoms with Crippen LogP contribution in [0.1, 0.15) is 44.9 Å². The number of hydrogen-bond acceptors (Lipinski definition) is 2. The highest BCUT2D eigenvalue weighted by atomic mass is 32.1. The lowest BCUT2D eigenvalue weighted by atomic mass is 10.1. The van der Waals surface area contributed by atoms with E-state index in [0.29, 0.717) is 5.69 Å². The van der Waals surface area contributed by atoms with Crippen LogP contribution in [-0.2, 0) is 0 Å². The molecule has 3 heteroatoms. The van der Waals surface area contributed by atoms with Gasteiger partial charge in [0, 0.05) is 13.6 Å². The minimum absolute atomic E-state index is 0.128. The van der Waals surface area contributed by atoms with Crippen LogP contribution in [0.2, 0.25) is 0 Å². The van der Waals surface area contributed by atoms with E-state index in [1.165, 1.54) is 44.6 Å². The van der Waals surface area contributed by atoms with Crippen LogP contribution >= 0.6 is 12.6 Å². The van der Waals surface area contributed by atoms with E-state index in [4.69, 9.17) is 0 Å². The number of rotatable bonds is 10. The van der Waals surface area contributed by atoms with Gasteiger partial charge in [-0.2, -0.15) is 12.6 Å². The monoisotopic (exact) mass is 283 g/mol. The Hall–Kier alpha value is -0.700. The first-order valence-electron chi connectivity index (χ1n) is 7.32. The summed E-state index contributed by atoms with van der Waals surface area (Å²) in [5, 5.41) is 0.